The molecule has 0 aliphatic carbocycles. The molecule has 0 radical (unpaired) electrons. The lowest BCUT2D eigenvalue weighted by Crippen LogP contribution is -2.08. The minimum absolute atomic E-state index is 0.120. The molecule has 2 rings (SSSR count). The second-order valence-electron chi connectivity index (χ2n) is 4.49. The van der Waals surface area contributed by atoms with Crippen molar-refractivity contribution in [2.75, 3.05) is 0 Å². The average molecular weight is 242 g/mol. The number of rotatable bonds is 5. The van der Waals surface area contributed by atoms with Gasteiger partial charge in [-0.2, -0.15) is 5.10 Å². The van der Waals surface area contributed by atoms with E-state index in [1.165, 1.54) is 0 Å². The normalized spacial score (nSPS) is 12.3. The molecule has 1 atom stereocenters. The summed E-state index contributed by atoms with van der Waals surface area (Å²) in [5, 5.41) is 4.20. The van der Waals surface area contributed by atoms with Gasteiger partial charge in [-0.05, 0) is 12.0 Å². The molecule has 0 aliphatic rings. The molecule has 0 saturated heterocycles. The molecule has 1 heterocycles. The molecular formula is C15H18N2O. The maximum absolute atomic E-state index is 12.3. The van der Waals surface area contributed by atoms with Crippen molar-refractivity contribution in [2.45, 2.75) is 32.7 Å². The molecule has 0 saturated carbocycles. The maximum atomic E-state index is 12.3. The lowest BCUT2D eigenvalue weighted by molar-refractivity contribution is 0.0966. The Morgan fingerprint density at radius 1 is 1.33 bits per heavy atom. The van der Waals surface area contributed by atoms with Gasteiger partial charge in [0.25, 0.3) is 0 Å². The molecule has 0 fully saturated rings. The third kappa shape index (κ3) is 2.67. The van der Waals surface area contributed by atoms with Crippen LogP contribution in [0, 0.1) is 0 Å². The molecule has 0 N–H and O–H groups in total. The van der Waals surface area contributed by atoms with Crippen LogP contribution in [0.1, 0.15) is 42.1 Å². The zero-order valence-electron chi connectivity index (χ0n) is 10.8. The molecule has 1 unspecified atom stereocenters. The number of ketones is 1. The van der Waals surface area contributed by atoms with Crippen LogP contribution in [0.15, 0.2) is 42.7 Å². The van der Waals surface area contributed by atoms with Gasteiger partial charge in [-0.25, -0.2) is 0 Å². The molecule has 0 amide bonds. The lowest BCUT2D eigenvalue weighted by atomic mass is 9.94. The van der Waals surface area contributed by atoms with Crippen LogP contribution >= 0.6 is 0 Å². The summed E-state index contributed by atoms with van der Waals surface area (Å²) in [6.45, 7) is 4.89. The summed E-state index contributed by atoms with van der Waals surface area (Å²) in [4.78, 5) is 12.3. The van der Waals surface area contributed by atoms with E-state index in [0.717, 1.165) is 18.5 Å². The molecule has 94 valence electrons. The first-order valence-corrected chi connectivity index (χ1v) is 6.34. The van der Waals surface area contributed by atoms with E-state index >= 15 is 0 Å². The standard InChI is InChI=1S/C15H18N2O/c1-3-9-17-11-14(10-16-17)15(18)12(2)13-7-5-4-6-8-13/h4-8,10-12H,3,9H2,1-2H3. The smallest absolute Gasteiger partial charge is 0.173 e. The fraction of sp³-hybridized carbons (Fsp3) is 0.333. The SMILES string of the molecule is CCCn1cc(C(=O)C(C)c2ccccc2)cn1. The van der Waals surface area contributed by atoms with Crippen LogP contribution in [0.5, 0.6) is 0 Å². The molecule has 3 nitrogen and oxygen atoms in total. The van der Waals surface area contributed by atoms with Crippen molar-refractivity contribution in [1.29, 1.82) is 0 Å². The number of hydrogen-bond acceptors (Lipinski definition) is 2. The first kappa shape index (κ1) is 12.6. The molecule has 0 bridgehead atoms. The van der Waals surface area contributed by atoms with Gasteiger partial charge in [-0.3, -0.25) is 9.48 Å². The fourth-order valence-electron chi connectivity index (χ4n) is 1.99. The number of aromatic nitrogens is 2. The van der Waals surface area contributed by atoms with Gasteiger partial charge < -0.3 is 0 Å². The van der Waals surface area contributed by atoms with Gasteiger partial charge in [0.05, 0.1) is 11.8 Å². The number of carbonyl (C=O) groups excluding carboxylic acids is 1. The second kappa shape index (κ2) is 5.63. The zero-order chi connectivity index (χ0) is 13.0. The van der Waals surface area contributed by atoms with Crippen molar-refractivity contribution in [3.63, 3.8) is 0 Å². The van der Waals surface area contributed by atoms with Gasteiger partial charge in [0.2, 0.25) is 0 Å². The van der Waals surface area contributed by atoms with Crippen molar-refractivity contribution >= 4 is 5.78 Å². The van der Waals surface area contributed by atoms with E-state index < -0.39 is 0 Å². The lowest BCUT2D eigenvalue weighted by Gasteiger charge is -2.08. The molecule has 1 aromatic carbocycles. The van der Waals surface area contributed by atoms with E-state index in [-0.39, 0.29) is 11.7 Å². The molecule has 0 spiro atoms. The van der Waals surface area contributed by atoms with Gasteiger partial charge in [0.1, 0.15) is 0 Å². The molecule has 3 heteroatoms. The minimum Gasteiger partial charge on any atom is -0.293 e. The highest BCUT2D eigenvalue weighted by atomic mass is 16.1. The van der Waals surface area contributed by atoms with Crippen LogP contribution < -0.4 is 0 Å². The van der Waals surface area contributed by atoms with Crippen LogP contribution in [-0.4, -0.2) is 15.6 Å². The van der Waals surface area contributed by atoms with Crippen LogP contribution in [-0.2, 0) is 6.54 Å². The van der Waals surface area contributed by atoms with Gasteiger partial charge >= 0.3 is 0 Å². The summed E-state index contributed by atoms with van der Waals surface area (Å²) in [6, 6.07) is 9.84. The summed E-state index contributed by atoms with van der Waals surface area (Å²) >= 11 is 0. The summed E-state index contributed by atoms with van der Waals surface area (Å²) in [7, 11) is 0. The number of nitrogens with zero attached hydrogens (tertiary/aromatic N) is 2. The van der Waals surface area contributed by atoms with Crippen LogP contribution in [0.25, 0.3) is 0 Å². The van der Waals surface area contributed by atoms with E-state index in [2.05, 4.69) is 12.0 Å². The Hall–Kier alpha value is -1.90. The Balaban J connectivity index is 2.15. The minimum atomic E-state index is -0.120. The van der Waals surface area contributed by atoms with Gasteiger partial charge in [0, 0.05) is 18.7 Å². The Morgan fingerprint density at radius 3 is 2.72 bits per heavy atom. The zero-order valence-corrected chi connectivity index (χ0v) is 10.8. The largest absolute Gasteiger partial charge is 0.293 e. The number of Topliss-reactive ketones (excluding diaryl/α,β-unsaturated/α-hetero) is 1. The summed E-state index contributed by atoms with van der Waals surface area (Å²) < 4.78 is 1.82. The molecule has 1 aromatic heterocycles. The first-order valence-electron chi connectivity index (χ1n) is 6.34. The van der Waals surface area contributed by atoms with E-state index in [9.17, 15) is 4.79 Å². The summed E-state index contributed by atoms with van der Waals surface area (Å²) in [5.41, 5.74) is 1.74. The Labute approximate surface area is 107 Å². The highest BCUT2D eigenvalue weighted by Crippen LogP contribution is 2.19. The predicted molar refractivity (Wildman–Crippen MR) is 71.7 cm³/mol. The number of carbonyl (C=O) groups is 1. The van der Waals surface area contributed by atoms with Gasteiger partial charge in [-0.1, -0.05) is 44.2 Å². The van der Waals surface area contributed by atoms with Crippen molar-refractivity contribution in [3.05, 3.63) is 53.9 Å². The third-order valence-electron chi connectivity index (χ3n) is 3.06. The average Bonchev–Trinajstić information content (AvgIpc) is 2.87. The third-order valence-corrected chi connectivity index (χ3v) is 3.06. The van der Waals surface area contributed by atoms with E-state index in [1.807, 2.05) is 48.1 Å². The second-order valence-corrected chi connectivity index (χ2v) is 4.49. The monoisotopic (exact) mass is 242 g/mol. The van der Waals surface area contributed by atoms with E-state index in [1.54, 1.807) is 6.20 Å². The quantitative estimate of drug-likeness (QED) is 0.754. The predicted octanol–water partition coefficient (Wildman–Crippen LogP) is 3.28. The molecule has 0 aliphatic heterocycles. The maximum Gasteiger partial charge on any atom is 0.173 e. The molecule has 18 heavy (non-hydrogen) atoms. The Morgan fingerprint density at radius 2 is 2.06 bits per heavy atom. The van der Waals surface area contributed by atoms with Gasteiger partial charge in [0.15, 0.2) is 5.78 Å². The summed E-state index contributed by atoms with van der Waals surface area (Å²) in [6.07, 6.45) is 4.52. The van der Waals surface area contributed by atoms with E-state index in [0.29, 0.717) is 5.56 Å². The number of benzene rings is 1. The Kier molecular flexibility index (Phi) is 3.92. The fourth-order valence-corrected chi connectivity index (χ4v) is 1.99. The number of aryl methyl sites for hydroxylation is 1. The topological polar surface area (TPSA) is 34.9 Å². The molecule has 2 aromatic rings. The van der Waals surface area contributed by atoms with Crippen LogP contribution in [0.2, 0.25) is 0 Å². The molecular weight excluding hydrogens is 224 g/mol. The highest BCUT2D eigenvalue weighted by Gasteiger charge is 2.18. The van der Waals surface area contributed by atoms with Crippen LogP contribution in [0.3, 0.4) is 0 Å². The van der Waals surface area contributed by atoms with Crippen LogP contribution in [0.4, 0.5) is 0 Å². The van der Waals surface area contributed by atoms with Gasteiger partial charge in [-0.15, -0.1) is 0 Å². The van der Waals surface area contributed by atoms with Crippen molar-refractivity contribution < 1.29 is 4.79 Å². The van der Waals surface area contributed by atoms with E-state index in [4.69, 9.17) is 0 Å². The first-order chi connectivity index (χ1) is 8.72. The Bertz CT molecular complexity index is 516. The highest BCUT2D eigenvalue weighted by molar-refractivity contribution is 6.00. The van der Waals surface area contributed by atoms with Crippen molar-refractivity contribution in [2.24, 2.45) is 0 Å². The van der Waals surface area contributed by atoms with Crippen molar-refractivity contribution in [3.8, 4) is 0 Å². The van der Waals surface area contributed by atoms with Crippen molar-refractivity contribution in [1.82, 2.24) is 9.78 Å². The summed E-state index contributed by atoms with van der Waals surface area (Å²) in [5.74, 6) is 0.00836. The number of hydrogen-bond donors (Lipinski definition) is 0.